The van der Waals surface area contributed by atoms with E-state index in [0.29, 0.717) is 0 Å². The summed E-state index contributed by atoms with van der Waals surface area (Å²) < 4.78 is 0. The van der Waals surface area contributed by atoms with Crippen molar-refractivity contribution in [1.82, 2.24) is 0 Å². The van der Waals surface area contributed by atoms with E-state index in [-0.39, 0.29) is 10.8 Å². The molecule has 302 valence electrons. The Balaban J connectivity index is 1.16. The highest BCUT2D eigenvalue weighted by Crippen LogP contribution is 2.60. The van der Waals surface area contributed by atoms with Crippen LogP contribution in [0.1, 0.15) is 83.3 Å². The summed E-state index contributed by atoms with van der Waals surface area (Å²) in [6, 6.07) is 74.2. The largest absolute Gasteiger partial charge is 0.0714 e. The first kappa shape index (κ1) is 37.7. The number of hydrogen-bond donors (Lipinski definition) is 0. The molecule has 9 aromatic rings. The molecule has 3 aliphatic rings. The normalized spacial score (nSPS) is 15.2. The second kappa shape index (κ2) is 13.5. The Morgan fingerprint density at radius 2 is 0.714 bits per heavy atom. The number of aryl methyl sites for hydroxylation is 2. The van der Waals surface area contributed by atoms with Crippen molar-refractivity contribution in [1.29, 1.82) is 0 Å². The molecule has 0 N–H and O–H groups in total. The van der Waals surface area contributed by atoms with Gasteiger partial charge >= 0.3 is 0 Å². The average molecular weight is 807 g/mol. The van der Waals surface area contributed by atoms with Gasteiger partial charge in [0.15, 0.2) is 0 Å². The van der Waals surface area contributed by atoms with Gasteiger partial charge in [-0.2, -0.15) is 0 Å². The minimum Gasteiger partial charge on any atom is -0.0620 e. The van der Waals surface area contributed by atoms with Gasteiger partial charge < -0.3 is 0 Å². The lowest BCUT2D eigenvalue weighted by Gasteiger charge is -2.35. The van der Waals surface area contributed by atoms with Gasteiger partial charge in [-0.3, -0.25) is 0 Å². The summed E-state index contributed by atoms with van der Waals surface area (Å²) in [7, 11) is 0. The quantitative estimate of drug-likeness (QED) is 0.163. The Hall–Kier alpha value is -7.02. The number of rotatable bonds is 5. The lowest BCUT2D eigenvalue weighted by atomic mass is 9.66. The highest BCUT2D eigenvalue weighted by molar-refractivity contribution is 5.98. The van der Waals surface area contributed by atoms with E-state index in [0.717, 1.165) is 0 Å². The fourth-order valence-electron chi connectivity index (χ4n) is 12.2. The van der Waals surface area contributed by atoms with Gasteiger partial charge in [0.1, 0.15) is 0 Å². The molecule has 0 atom stereocenters. The van der Waals surface area contributed by atoms with Crippen LogP contribution in [0.5, 0.6) is 0 Å². The Morgan fingerprint density at radius 3 is 1.27 bits per heavy atom. The van der Waals surface area contributed by atoms with Crippen molar-refractivity contribution in [2.24, 2.45) is 0 Å². The van der Waals surface area contributed by atoms with Gasteiger partial charge in [-0.1, -0.05) is 215 Å². The van der Waals surface area contributed by atoms with Crippen molar-refractivity contribution < 1.29 is 0 Å². The second-order valence-corrected chi connectivity index (χ2v) is 19.3. The first-order valence-corrected chi connectivity index (χ1v) is 22.6. The first-order chi connectivity index (χ1) is 30.6. The van der Waals surface area contributed by atoms with Crippen LogP contribution in [-0.4, -0.2) is 0 Å². The van der Waals surface area contributed by atoms with Crippen LogP contribution in [0.4, 0.5) is 0 Å². The number of hydrogen-bond acceptors (Lipinski definition) is 0. The molecular weight excluding hydrogens is 757 g/mol. The Bertz CT molecular complexity index is 3220. The molecule has 0 saturated carbocycles. The molecule has 0 radical (unpaired) electrons. The molecule has 0 unspecified atom stereocenters. The van der Waals surface area contributed by atoms with Gasteiger partial charge in [-0.05, 0) is 143 Å². The SMILES string of the molecule is Cc1ccc2c(c1)-c1c(-c3ccccc3C)cccc1C2(c1cccc(-c2cccc3c2-c2ccccc2C3(C)C)c1)c1cccc(-c2cccc3c2-c2ccccc2C3(C)C)c1. The molecule has 0 heterocycles. The second-order valence-electron chi connectivity index (χ2n) is 19.3. The van der Waals surface area contributed by atoms with E-state index in [1.54, 1.807) is 0 Å². The van der Waals surface area contributed by atoms with E-state index in [9.17, 15) is 0 Å². The predicted molar refractivity (Wildman–Crippen MR) is 265 cm³/mol. The van der Waals surface area contributed by atoms with E-state index >= 15 is 0 Å². The summed E-state index contributed by atoms with van der Waals surface area (Å²) in [5.74, 6) is 0. The topological polar surface area (TPSA) is 0 Å². The Morgan fingerprint density at radius 1 is 0.286 bits per heavy atom. The number of benzene rings is 9. The highest BCUT2D eigenvalue weighted by Gasteiger charge is 2.48. The zero-order chi connectivity index (χ0) is 42.8. The van der Waals surface area contributed by atoms with Crippen LogP contribution in [-0.2, 0) is 16.2 Å². The van der Waals surface area contributed by atoms with Crippen molar-refractivity contribution in [2.45, 2.75) is 57.8 Å². The maximum atomic E-state index is 2.52. The van der Waals surface area contributed by atoms with Crippen LogP contribution in [0, 0.1) is 13.8 Å². The summed E-state index contributed by atoms with van der Waals surface area (Å²) in [4.78, 5) is 0. The molecule has 0 bridgehead atoms. The van der Waals surface area contributed by atoms with Crippen LogP contribution < -0.4 is 0 Å². The zero-order valence-corrected chi connectivity index (χ0v) is 37.0. The highest BCUT2D eigenvalue weighted by atomic mass is 14.5. The minimum atomic E-state index is -0.618. The Labute approximate surface area is 372 Å². The standard InChI is InChI=1S/C63H50/c1-39-34-35-54-51(36-39)60-48(45-23-8-7-18-40(45)2)28-17-33-57(60)63(54,43-21-13-19-41(37-43)46-26-15-31-55-58(46)49-24-9-11-29-52(49)61(55,3)4)44-22-14-20-42(38-44)47-27-16-32-56-59(47)50-25-10-12-30-53(50)62(56,5)6/h7-38H,1-6H3. The maximum Gasteiger partial charge on any atom is 0.0714 e. The summed E-state index contributed by atoms with van der Waals surface area (Å²) in [6.45, 7) is 14.0. The van der Waals surface area contributed by atoms with Gasteiger partial charge in [-0.15, -0.1) is 0 Å². The lowest BCUT2D eigenvalue weighted by Crippen LogP contribution is -2.28. The summed E-state index contributed by atoms with van der Waals surface area (Å²) in [6.07, 6.45) is 0. The van der Waals surface area contributed by atoms with Crippen LogP contribution in [0.2, 0.25) is 0 Å². The fraction of sp³-hybridized carbons (Fsp3) is 0.143. The molecule has 12 rings (SSSR count). The van der Waals surface area contributed by atoms with Gasteiger partial charge in [-0.25, -0.2) is 0 Å². The van der Waals surface area contributed by atoms with Crippen LogP contribution in [0.3, 0.4) is 0 Å². The third-order valence-corrected chi connectivity index (χ3v) is 15.2. The molecule has 0 aromatic heterocycles. The van der Waals surface area contributed by atoms with Crippen molar-refractivity contribution >= 4 is 0 Å². The predicted octanol–water partition coefficient (Wildman–Crippen LogP) is 16.3. The summed E-state index contributed by atoms with van der Waals surface area (Å²) in [5, 5.41) is 0. The van der Waals surface area contributed by atoms with Crippen molar-refractivity contribution in [2.75, 3.05) is 0 Å². The van der Waals surface area contributed by atoms with E-state index in [1.807, 2.05) is 0 Å². The van der Waals surface area contributed by atoms with Crippen molar-refractivity contribution in [3.63, 3.8) is 0 Å². The molecule has 0 amide bonds. The molecule has 63 heavy (non-hydrogen) atoms. The third-order valence-electron chi connectivity index (χ3n) is 15.2. The van der Waals surface area contributed by atoms with Crippen molar-refractivity contribution in [3.05, 3.63) is 250 Å². The summed E-state index contributed by atoms with van der Waals surface area (Å²) >= 11 is 0. The first-order valence-electron chi connectivity index (χ1n) is 22.6. The lowest BCUT2D eigenvalue weighted by molar-refractivity contribution is 0.660. The molecule has 0 aliphatic heterocycles. The third kappa shape index (κ3) is 5.16. The van der Waals surface area contributed by atoms with Crippen LogP contribution >= 0.6 is 0 Å². The molecule has 0 fully saturated rings. The monoisotopic (exact) mass is 806 g/mol. The molecule has 0 saturated heterocycles. The molecular formula is C63H50. The van der Waals surface area contributed by atoms with E-state index in [1.165, 1.54) is 122 Å². The molecule has 9 aromatic carbocycles. The molecule has 0 spiro atoms. The van der Waals surface area contributed by atoms with Gasteiger partial charge in [0, 0.05) is 10.8 Å². The zero-order valence-electron chi connectivity index (χ0n) is 37.0. The van der Waals surface area contributed by atoms with E-state index in [2.05, 4.69) is 236 Å². The average Bonchev–Trinajstić information content (AvgIpc) is 3.84. The molecule has 0 heteroatoms. The smallest absolute Gasteiger partial charge is 0.0620 e. The van der Waals surface area contributed by atoms with E-state index in [4.69, 9.17) is 0 Å². The summed E-state index contributed by atoms with van der Waals surface area (Å²) in [5.41, 5.74) is 28.2. The number of fused-ring (bicyclic) bond motifs is 9. The maximum absolute atomic E-state index is 2.52. The Kier molecular flexibility index (Phi) is 8.08. The van der Waals surface area contributed by atoms with Crippen LogP contribution in [0.25, 0.3) is 66.8 Å². The van der Waals surface area contributed by atoms with Gasteiger partial charge in [0.2, 0.25) is 0 Å². The molecule has 3 aliphatic carbocycles. The molecule has 0 nitrogen and oxygen atoms in total. The van der Waals surface area contributed by atoms with Crippen molar-refractivity contribution in [3.8, 4) is 66.8 Å². The van der Waals surface area contributed by atoms with Gasteiger partial charge in [0.05, 0.1) is 5.41 Å². The minimum absolute atomic E-state index is 0.0816. The van der Waals surface area contributed by atoms with E-state index < -0.39 is 5.41 Å². The fourth-order valence-corrected chi connectivity index (χ4v) is 12.2. The van der Waals surface area contributed by atoms with Gasteiger partial charge in [0.25, 0.3) is 0 Å². The van der Waals surface area contributed by atoms with Crippen LogP contribution in [0.15, 0.2) is 194 Å².